The number of hydrogen-bond donors (Lipinski definition) is 0. The topological polar surface area (TPSA) is 46.8 Å². The van der Waals surface area contributed by atoms with Crippen LogP contribution in [-0.4, -0.2) is 9.13 Å². The average molecular weight is 600 g/mol. The van der Waals surface area contributed by atoms with E-state index in [1.165, 1.54) is 21.5 Å². The molecule has 10 rings (SSSR count). The lowest BCUT2D eigenvalue weighted by Gasteiger charge is -2.13. The highest BCUT2D eigenvalue weighted by Gasteiger charge is 2.19. The Kier molecular flexibility index (Phi) is 5.32. The molecule has 0 amide bonds. The SMILES string of the molecule is N#Cc1cc(-c2ccc(-n3c4ccccc4c4ccc5oc6ccccc6c5c43)cc2)ccc1-n1c2ccccc2c2ccccc21. The normalized spacial score (nSPS) is 11.8. The molecule has 3 heterocycles. The van der Waals surface area contributed by atoms with Gasteiger partial charge in [-0.15, -0.1) is 0 Å². The zero-order valence-electron chi connectivity index (χ0n) is 25.2. The third kappa shape index (κ3) is 3.63. The summed E-state index contributed by atoms with van der Waals surface area (Å²) in [5.41, 5.74) is 10.9. The van der Waals surface area contributed by atoms with Gasteiger partial charge in [-0.2, -0.15) is 5.26 Å². The molecule has 0 fully saturated rings. The van der Waals surface area contributed by atoms with Gasteiger partial charge in [0.2, 0.25) is 0 Å². The van der Waals surface area contributed by atoms with E-state index < -0.39 is 0 Å². The summed E-state index contributed by atoms with van der Waals surface area (Å²) < 4.78 is 10.8. The van der Waals surface area contributed by atoms with Crippen molar-refractivity contribution in [2.45, 2.75) is 0 Å². The van der Waals surface area contributed by atoms with Crippen LogP contribution in [0.2, 0.25) is 0 Å². The van der Waals surface area contributed by atoms with Gasteiger partial charge in [0.1, 0.15) is 17.2 Å². The van der Waals surface area contributed by atoms with E-state index in [9.17, 15) is 5.26 Å². The summed E-state index contributed by atoms with van der Waals surface area (Å²) in [5, 5.41) is 17.4. The van der Waals surface area contributed by atoms with Crippen molar-refractivity contribution in [3.05, 3.63) is 157 Å². The molecule has 4 heteroatoms. The molecular weight excluding hydrogens is 574 g/mol. The smallest absolute Gasteiger partial charge is 0.137 e. The number of benzene rings is 7. The number of furan rings is 1. The van der Waals surface area contributed by atoms with Crippen LogP contribution in [0.15, 0.2) is 156 Å². The second kappa shape index (κ2) is 9.71. The molecule has 4 nitrogen and oxygen atoms in total. The Morgan fingerprint density at radius 2 is 1.04 bits per heavy atom. The third-order valence-corrected chi connectivity index (χ3v) is 9.57. The van der Waals surface area contributed by atoms with Gasteiger partial charge in [-0.1, -0.05) is 91.0 Å². The molecule has 0 bridgehead atoms. The van der Waals surface area contributed by atoms with E-state index in [0.29, 0.717) is 5.56 Å². The molecule has 0 spiro atoms. The zero-order chi connectivity index (χ0) is 31.1. The summed E-state index contributed by atoms with van der Waals surface area (Å²) in [6, 6.07) is 55.2. The lowest BCUT2D eigenvalue weighted by Crippen LogP contribution is -1.98. The molecule has 3 aromatic heterocycles. The number of nitriles is 1. The molecule has 218 valence electrons. The van der Waals surface area contributed by atoms with E-state index in [1.54, 1.807) is 0 Å². The van der Waals surface area contributed by atoms with Gasteiger partial charge in [0.05, 0.1) is 38.7 Å². The highest BCUT2D eigenvalue weighted by atomic mass is 16.3. The van der Waals surface area contributed by atoms with Crippen LogP contribution in [0.1, 0.15) is 5.56 Å². The first-order valence-electron chi connectivity index (χ1n) is 15.8. The van der Waals surface area contributed by atoms with Crippen LogP contribution in [0, 0.1) is 11.3 Å². The Labute approximate surface area is 269 Å². The maximum atomic E-state index is 10.4. The molecule has 0 atom stereocenters. The van der Waals surface area contributed by atoms with Crippen molar-refractivity contribution in [3.63, 3.8) is 0 Å². The van der Waals surface area contributed by atoms with Gasteiger partial charge >= 0.3 is 0 Å². The minimum Gasteiger partial charge on any atom is -0.456 e. The highest BCUT2D eigenvalue weighted by Crippen LogP contribution is 2.41. The van der Waals surface area contributed by atoms with Gasteiger partial charge in [0.15, 0.2) is 0 Å². The minimum atomic E-state index is 0.634. The highest BCUT2D eigenvalue weighted by molar-refractivity contribution is 6.24. The van der Waals surface area contributed by atoms with Crippen LogP contribution in [0.3, 0.4) is 0 Å². The maximum Gasteiger partial charge on any atom is 0.137 e. The van der Waals surface area contributed by atoms with Crippen LogP contribution in [0.5, 0.6) is 0 Å². The predicted octanol–water partition coefficient (Wildman–Crippen LogP) is 11.3. The van der Waals surface area contributed by atoms with Crippen molar-refractivity contribution in [1.29, 1.82) is 5.26 Å². The van der Waals surface area contributed by atoms with E-state index in [1.807, 2.05) is 18.2 Å². The lowest BCUT2D eigenvalue weighted by atomic mass is 10.0. The molecule has 0 N–H and O–H groups in total. The second-order valence-corrected chi connectivity index (χ2v) is 12.0. The van der Waals surface area contributed by atoms with Crippen molar-refractivity contribution in [3.8, 4) is 28.6 Å². The fourth-order valence-electron chi connectivity index (χ4n) is 7.52. The lowest BCUT2D eigenvalue weighted by molar-refractivity contribution is 0.669. The Morgan fingerprint density at radius 3 is 1.72 bits per heavy atom. The molecule has 0 unspecified atom stereocenters. The summed E-state index contributed by atoms with van der Waals surface area (Å²) in [7, 11) is 0. The number of nitrogens with zero attached hydrogens (tertiary/aromatic N) is 3. The van der Waals surface area contributed by atoms with E-state index in [-0.39, 0.29) is 0 Å². The Balaban J connectivity index is 1.13. The van der Waals surface area contributed by atoms with Crippen molar-refractivity contribution in [2.24, 2.45) is 0 Å². The van der Waals surface area contributed by atoms with Crippen LogP contribution in [0.4, 0.5) is 0 Å². The maximum absolute atomic E-state index is 10.4. The molecular formula is C43H25N3O. The number of aromatic nitrogens is 2. The number of fused-ring (bicyclic) bond motifs is 10. The first-order valence-corrected chi connectivity index (χ1v) is 15.8. The Morgan fingerprint density at radius 1 is 0.468 bits per heavy atom. The van der Waals surface area contributed by atoms with Crippen LogP contribution in [-0.2, 0) is 0 Å². The van der Waals surface area contributed by atoms with E-state index in [2.05, 4.69) is 149 Å². The monoisotopic (exact) mass is 599 g/mol. The van der Waals surface area contributed by atoms with Crippen LogP contribution in [0.25, 0.3) is 88.1 Å². The van der Waals surface area contributed by atoms with Crippen molar-refractivity contribution >= 4 is 65.6 Å². The zero-order valence-corrected chi connectivity index (χ0v) is 25.2. The van der Waals surface area contributed by atoms with Crippen molar-refractivity contribution < 1.29 is 4.42 Å². The minimum absolute atomic E-state index is 0.634. The van der Waals surface area contributed by atoms with E-state index in [4.69, 9.17) is 4.42 Å². The summed E-state index contributed by atoms with van der Waals surface area (Å²) in [5.74, 6) is 0. The van der Waals surface area contributed by atoms with Gasteiger partial charge in [-0.25, -0.2) is 0 Å². The molecule has 0 aliphatic heterocycles. The van der Waals surface area contributed by atoms with Gasteiger partial charge in [-0.05, 0) is 71.8 Å². The molecule has 7 aromatic carbocycles. The molecule has 0 radical (unpaired) electrons. The Hall–Kier alpha value is -6.57. The number of hydrogen-bond acceptors (Lipinski definition) is 2. The summed E-state index contributed by atoms with van der Waals surface area (Å²) in [4.78, 5) is 0. The molecule has 0 saturated carbocycles. The molecule has 0 aliphatic carbocycles. The van der Waals surface area contributed by atoms with Gasteiger partial charge in [-0.3, -0.25) is 0 Å². The number of para-hydroxylation sites is 4. The third-order valence-electron chi connectivity index (χ3n) is 9.57. The van der Waals surface area contributed by atoms with Crippen LogP contribution < -0.4 is 0 Å². The van der Waals surface area contributed by atoms with Crippen molar-refractivity contribution in [1.82, 2.24) is 9.13 Å². The quantitative estimate of drug-likeness (QED) is 0.203. The molecule has 0 saturated heterocycles. The first-order chi connectivity index (χ1) is 23.3. The summed E-state index contributed by atoms with van der Waals surface area (Å²) in [6.45, 7) is 0. The predicted molar refractivity (Wildman–Crippen MR) is 193 cm³/mol. The molecule has 10 aromatic rings. The van der Waals surface area contributed by atoms with Gasteiger partial charge < -0.3 is 13.6 Å². The second-order valence-electron chi connectivity index (χ2n) is 12.0. The largest absolute Gasteiger partial charge is 0.456 e. The van der Waals surface area contributed by atoms with Gasteiger partial charge in [0.25, 0.3) is 0 Å². The summed E-state index contributed by atoms with van der Waals surface area (Å²) >= 11 is 0. The first kappa shape index (κ1) is 25.7. The Bertz CT molecular complexity index is 2860. The van der Waals surface area contributed by atoms with Crippen LogP contribution >= 0.6 is 0 Å². The average Bonchev–Trinajstić information content (AvgIpc) is 3.79. The fraction of sp³-hybridized carbons (Fsp3) is 0. The van der Waals surface area contributed by atoms with Gasteiger partial charge in [0, 0.05) is 32.6 Å². The number of rotatable bonds is 3. The fourth-order valence-corrected chi connectivity index (χ4v) is 7.52. The molecule has 47 heavy (non-hydrogen) atoms. The van der Waals surface area contributed by atoms with E-state index >= 15 is 0 Å². The van der Waals surface area contributed by atoms with Crippen molar-refractivity contribution in [2.75, 3.05) is 0 Å². The summed E-state index contributed by atoms with van der Waals surface area (Å²) in [6.07, 6.45) is 0. The standard InChI is InChI=1S/C43H25N3O/c44-26-29-25-28(19-23-36(29)46-38-14-6-1-9-31(38)32-10-2-7-15-39(32)46)27-17-20-30(21-18-27)45-37-13-5-3-11-33(37)34-22-24-41-42(43(34)45)35-12-4-8-16-40(35)47-41/h1-25H. The molecule has 0 aliphatic rings. The van der Waals surface area contributed by atoms with E-state index in [0.717, 1.165) is 66.5 Å².